The molecule has 0 heterocycles. The van der Waals surface area contributed by atoms with Crippen molar-refractivity contribution in [1.82, 2.24) is 0 Å². The molecule has 0 saturated carbocycles. The zero-order valence-electron chi connectivity index (χ0n) is 12.9. The second-order valence-corrected chi connectivity index (χ2v) is 6.34. The maximum atomic E-state index is 12.7. The molecule has 0 saturated heterocycles. The second-order valence-electron chi connectivity index (χ2n) is 4.99. The number of nitrogens with one attached hydrogen (secondary N) is 1. The van der Waals surface area contributed by atoms with E-state index in [1.54, 1.807) is 12.1 Å². The maximum Gasteiger partial charge on any atom is 1.00 e. The quantitative estimate of drug-likeness (QED) is 0.309. The van der Waals surface area contributed by atoms with E-state index in [2.05, 4.69) is 5.32 Å². The predicted octanol–water partition coefficient (Wildman–Crippen LogP) is -2.01. The summed E-state index contributed by atoms with van der Waals surface area (Å²) in [5.74, 6) is -1.05. The molecule has 0 aromatic heterocycles. The molecule has 0 aliphatic heterocycles. The minimum Gasteiger partial charge on any atom is -0.744 e. The number of benzene rings is 2. The van der Waals surface area contributed by atoms with Gasteiger partial charge in [-0.3, -0.25) is 9.59 Å². The number of carbonyl (C=O) groups excluding carboxylic acids is 2. The number of hydrogen-bond donors (Lipinski definition) is 2. The third-order valence-electron chi connectivity index (χ3n) is 3.74. The van der Waals surface area contributed by atoms with Gasteiger partial charge in [0.05, 0.1) is 21.7 Å². The van der Waals surface area contributed by atoms with Crippen molar-refractivity contribution in [3.05, 3.63) is 52.6 Å². The van der Waals surface area contributed by atoms with Gasteiger partial charge >= 0.3 is 29.6 Å². The largest absolute Gasteiger partial charge is 1.00 e. The molecule has 2 aromatic carbocycles. The molecular weight excluding hydrogens is 343 g/mol. The molecule has 24 heavy (non-hydrogen) atoms. The Balaban J connectivity index is 0.00000208. The number of fused-ring (bicyclic) bond motifs is 2. The van der Waals surface area contributed by atoms with Crippen molar-refractivity contribution in [2.45, 2.75) is 4.90 Å². The fourth-order valence-corrected chi connectivity index (χ4v) is 3.33. The Bertz CT molecular complexity index is 986. The van der Waals surface area contributed by atoms with Crippen LogP contribution >= 0.6 is 0 Å². The van der Waals surface area contributed by atoms with Crippen molar-refractivity contribution in [1.29, 1.82) is 0 Å². The van der Waals surface area contributed by atoms with Crippen LogP contribution in [0.5, 0.6) is 0 Å². The first-order valence-corrected chi connectivity index (χ1v) is 7.96. The van der Waals surface area contributed by atoms with Crippen molar-refractivity contribution in [3.8, 4) is 0 Å². The van der Waals surface area contributed by atoms with E-state index in [9.17, 15) is 22.6 Å². The summed E-state index contributed by atoms with van der Waals surface area (Å²) in [6.45, 7) is 0. The molecular formula is C15H11N2NaO5S. The van der Waals surface area contributed by atoms with Crippen molar-refractivity contribution < 1.29 is 52.1 Å². The zero-order valence-corrected chi connectivity index (χ0v) is 15.7. The summed E-state index contributed by atoms with van der Waals surface area (Å²) in [4.78, 5) is 24.6. The third-order valence-corrected chi connectivity index (χ3v) is 4.62. The summed E-state index contributed by atoms with van der Waals surface area (Å²) >= 11 is 0. The molecule has 0 unspecified atom stereocenters. The topological polar surface area (TPSA) is 129 Å². The van der Waals surface area contributed by atoms with Crippen LogP contribution in [0.3, 0.4) is 0 Å². The zero-order chi connectivity index (χ0) is 16.9. The van der Waals surface area contributed by atoms with Gasteiger partial charge in [-0.2, -0.15) is 0 Å². The Hall–Kier alpha value is -1.71. The van der Waals surface area contributed by atoms with Gasteiger partial charge in [-0.05, 0) is 6.07 Å². The van der Waals surface area contributed by atoms with Crippen LogP contribution in [0.25, 0.3) is 0 Å². The minimum atomic E-state index is -4.90. The summed E-state index contributed by atoms with van der Waals surface area (Å²) in [5.41, 5.74) is 5.36. The van der Waals surface area contributed by atoms with E-state index in [1.165, 1.54) is 19.2 Å². The summed E-state index contributed by atoms with van der Waals surface area (Å²) in [6.07, 6.45) is 0. The van der Waals surface area contributed by atoms with Gasteiger partial charge in [0, 0.05) is 23.9 Å². The number of nitrogens with two attached hydrogens (primary N) is 1. The fourth-order valence-electron chi connectivity index (χ4n) is 2.70. The summed E-state index contributed by atoms with van der Waals surface area (Å²) < 4.78 is 34.1. The van der Waals surface area contributed by atoms with Crippen LogP contribution in [0, 0.1) is 0 Å². The molecule has 0 radical (unpaired) electrons. The summed E-state index contributed by atoms with van der Waals surface area (Å²) in [6, 6.07) is 7.14. The van der Waals surface area contributed by atoms with Gasteiger partial charge in [0.1, 0.15) is 10.1 Å². The Morgan fingerprint density at radius 2 is 1.54 bits per heavy atom. The van der Waals surface area contributed by atoms with Crippen molar-refractivity contribution in [2.75, 3.05) is 18.1 Å². The Kier molecular flexibility index (Phi) is 4.89. The number of anilines is 2. The van der Waals surface area contributed by atoms with Gasteiger partial charge in [-0.25, -0.2) is 8.42 Å². The molecule has 7 nitrogen and oxygen atoms in total. The van der Waals surface area contributed by atoms with Crippen LogP contribution in [0.15, 0.2) is 35.2 Å². The van der Waals surface area contributed by atoms with Crippen LogP contribution in [0.1, 0.15) is 31.8 Å². The summed E-state index contributed by atoms with van der Waals surface area (Å²) in [5, 5.41) is 2.64. The molecule has 0 amide bonds. The van der Waals surface area contributed by atoms with Crippen molar-refractivity contribution >= 4 is 33.1 Å². The number of carbonyl (C=O) groups is 2. The SMILES string of the molecule is CNc1cc(S(=O)(=O)[O-])c(N)c2c1C(=O)c1ccccc1C2=O.[Na+]. The van der Waals surface area contributed by atoms with Gasteiger partial charge in [-0.1, -0.05) is 24.3 Å². The van der Waals surface area contributed by atoms with Crippen LogP contribution in [-0.4, -0.2) is 31.6 Å². The first-order chi connectivity index (χ1) is 10.8. The van der Waals surface area contributed by atoms with E-state index >= 15 is 0 Å². The molecule has 1 aliphatic rings. The number of rotatable bonds is 2. The first kappa shape index (κ1) is 18.6. The van der Waals surface area contributed by atoms with Crippen LogP contribution < -0.4 is 40.6 Å². The minimum absolute atomic E-state index is 0. The van der Waals surface area contributed by atoms with Gasteiger partial charge in [0.25, 0.3) is 0 Å². The average Bonchev–Trinajstić information content (AvgIpc) is 2.51. The van der Waals surface area contributed by atoms with Gasteiger partial charge in [0.2, 0.25) is 0 Å². The number of nitrogen functional groups attached to an aromatic ring is 1. The monoisotopic (exact) mass is 354 g/mol. The van der Waals surface area contributed by atoms with Gasteiger partial charge < -0.3 is 15.6 Å². The van der Waals surface area contributed by atoms with Gasteiger partial charge in [0.15, 0.2) is 11.6 Å². The molecule has 0 spiro atoms. The molecule has 9 heteroatoms. The van der Waals surface area contributed by atoms with Crippen LogP contribution in [-0.2, 0) is 10.1 Å². The third kappa shape index (κ3) is 2.66. The fraction of sp³-hybridized carbons (Fsp3) is 0.0667. The van der Waals surface area contributed by atoms with E-state index in [4.69, 9.17) is 5.73 Å². The van der Waals surface area contributed by atoms with E-state index in [-0.39, 0.29) is 57.5 Å². The molecule has 118 valence electrons. The van der Waals surface area contributed by atoms with Crippen LogP contribution in [0.2, 0.25) is 0 Å². The predicted molar refractivity (Wildman–Crippen MR) is 81.7 cm³/mol. The van der Waals surface area contributed by atoms with E-state index in [1.807, 2.05) is 0 Å². The normalized spacial score (nSPS) is 12.9. The first-order valence-electron chi connectivity index (χ1n) is 6.56. The van der Waals surface area contributed by atoms with Crippen molar-refractivity contribution in [3.63, 3.8) is 0 Å². The number of ketones is 2. The molecule has 3 N–H and O–H groups in total. The average molecular weight is 354 g/mol. The van der Waals surface area contributed by atoms with E-state index in [0.29, 0.717) is 0 Å². The molecule has 3 rings (SSSR count). The molecule has 1 aliphatic carbocycles. The Labute approximate surface area is 160 Å². The maximum absolute atomic E-state index is 12.7. The Morgan fingerprint density at radius 1 is 1.04 bits per heavy atom. The molecule has 0 fully saturated rings. The molecule has 0 bridgehead atoms. The van der Waals surface area contributed by atoms with E-state index in [0.717, 1.165) is 6.07 Å². The van der Waals surface area contributed by atoms with Crippen molar-refractivity contribution in [2.24, 2.45) is 0 Å². The van der Waals surface area contributed by atoms with Gasteiger partial charge in [-0.15, -0.1) is 0 Å². The van der Waals surface area contributed by atoms with Crippen LogP contribution in [0.4, 0.5) is 11.4 Å². The smallest absolute Gasteiger partial charge is 0.744 e. The second kappa shape index (κ2) is 6.30. The Morgan fingerprint density at radius 3 is 2.00 bits per heavy atom. The summed E-state index contributed by atoms with van der Waals surface area (Å²) in [7, 11) is -3.45. The molecule has 0 atom stereocenters. The number of hydrogen-bond acceptors (Lipinski definition) is 7. The molecule has 2 aromatic rings. The van der Waals surface area contributed by atoms with E-state index < -0.39 is 32.3 Å². The standard InChI is InChI=1S/C15H12N2O5S.Na/c1-17-9-6-10(23(20,21)22)13(16)12-11(9)14(18)7-4-2-3-5-8(7)15(12)19;/h2-6,17H,16H2,1H3,(H,20,21,22);/q;+1/p-1.